The molecule has 1 atom stereocenters. The summed E-state index contributed by atoms with van der Waals surface area (Å²) in [6, 6.07) is 9.40. The van der Waals surface area contributed by atoms with E-state index in [9.17, 15) is 8.42 Å². The van der Waals surface area contributed by atoms with Crippen LogP contribution >= 0.6 is 10.7 Å². The van der Waals surface area contributed by atoms with Crippen molar-refractivity contribution in [3.05, 3.63) is 35.9 Å². The van der Waals surface area contributed by atoms with E-state index in [0.29, 0.717) is 13.2 Å². The molecule has 0 fully saturated rings. The maximum Gasteiger partial charge on any atom is 0.233 e. The predicted octanol–water partition coefficient (Wildman–Crippen LogP) is 3.17. The number of benzene rings is 1. The van der Waals surface area contributed by atoms with Crippen molar-refractivity contribution >= 4 is 19.7 Å². The van der Waals surface area contributed by atoms with Crippen LogP contribution in [0.25, 0.3) is 0 Å². The standard InChI is InChI=1S/C15H23ClO4S/c1-15(2,19-3)9-10-20-11-14(12-21(16,17)18)13-7-5-4-6-8-13/h4-8,14H,9-12H2,1-3H3. The molecule has 1 aromatic carbocycles. The highest BCUT2D eigenvalue weighted by molar-refractivity contribution is 8.13. The number of halogens is 1. The molecule has 0 radical (unpaired) electrons. The Bertz CT molecular complexity index is 514. The third-order valence-electron chi connectivity index (χ3n) is 3.39. The average Bonchev–Trinajstić information content (AvgIpc) is 2.42. The molecule has 21 heavy (non-hydrogen) atoms. The van der Waals surface area contributed by atoms with E-state index < -0.39 is 9.05 Å². The highest BCUT2D eigenvalue weighted by Gasteiger charge is 2.20. The van der Waals surface area contributed by atoms with Gasteiger partial charge in [-0.3, -0.25) is 0 Å². The first-order valence-corrected chi connectivity index (χ1v) is 9.31. The Hall–Kier alpha value is -0.620. The quantitative estimate of drug-likeness (QED) is 0.514. The van der Waals surface area contributed by atoms with Crippen molar-refractivity contribution in [3.63, 3.8) is 0 Å². The van der Waals surface area contributed by atoms with Gasteiger partial charge in [0.25, 0.3) is 0 Å². The van der Waals surface area contributed by atoms with Gasteiger partial charge in [-0.2, -0.15) is 0 Å². The Balaban J connectivity index is 2.59. The minimum absolute atomic E-state index is 0.133. The van der Waals surface area contributed by atoms with Crippen molar-refractivity contribution in [1.82, 2.24) is 0 Å². The molecule has 1 unspecified atom stereocenters. The molecule has 0 heterocycles. The summed E-state index contributed by atoms with van der Waals surface area (Å²) >= 11 is 0. The highest BCUT2D eigenvalue weighted by Crippen LogP contribution is 2.21. The number of rotatable bonds is 9. The van der Waals surface area contributed by atoms with E-state index in [0.717, 1.165) is 12.0 Å². The van der Waals surface area contributed by atoms with Gasteiger partial charge in [0.2, 0.25) is 9.05 Å². The molecule has 1 aromatic rings. The molecule has 0 aliphatic heterocycles. The third kappa shape index (κ3) is 7.81. The van der Waals surface area contributed by atoms with Crippen LogP contribution in [0.4, 0.5) is 0 Å². The second-order valence-electron chi connectivity index (χ2n) is 5.60. The van der Waals surface area contributed by atoms with Crippen molar-refractivity contribution in [1.29, 1.82) is 0 Å². The number of hydrogen-bond donors (Lipinski definition) is 0. The van der Waals surface area contributed by atoms with Crippen LogP contribution in [-0.2, 0) is 18.5 Å². The van der Waals surface area contributed by atoms with Crippen molar-refractivity contribution < 1.29 is 17.9 Å². The lowest BCUT2D eigenvalue weighted by Crippen LogP contribution is -2.25. The Morgan fingerprint density at radius 2 is 1.86 bits per heavy atom. The monoisotopic (exact) mass is 334 g/mol. The van der Waals surface area contributed by atoms with E-state index in [1.54, 1.807) is 7.11 Å². The van der Waals surface area contributed by atoms with Gasteiger partial charge in [-0.25, -0.2) is 8.42 Å². The largest absolute Gasteiger partial charge is 0.381 e. The van der Waals surface area contributed by atoms with E-state index >= 15 is 0 Å². The second kappa shape index (κ2) is 8.13. The molecular formula is C15H23ClO4S. The zero-order valence-electron chi connectivity index (χ0n) is 12.7. The molecule has 0 aliphatic rings. The molecule has 0 bridgehead atoms. The number of ether oxygens (including phenoxy) is 2. The van der Waals surface area contributed by atoms with E-state index in [1.165, 1.54) is 0 Å². The van der Waals surface area contributed by atoms with Crippen LogP contribution in [0, 0.1) is 0 Å². The lowest BCUT2D eigenvalue weighted by Gasteiger charge is -2.23. The van der Waals surface area contributed by atoms with Crippen LogP contribution in [0.5, 0.6) is 0 Å². The van der Waals surface area contributed by atoms with Crippen LogP contribution < -0.4 is 0 Å². The Labute approximate surface area is 131 Å². The molecule has 0 N–H and O–H groups in total. The van der Waals surface area contributed by atoms with Gasteiger partial charge < -0.3 is 9.47 Å². The summed E-state index contributed by atoms with van der Waals surface area (Å²) in [6.07, 6.45) is 0.735. The lowest BCUT2D eigenvalue weighted by atomic mass is 10.0. The van der Waals surface area contributed by atoms with E-state index in [2.05, 4.69) is 0 Å². The predicted molar refractivity (Wildman–Crippen MR) is 85.3 cm³/mol. The summed E-state index contributed by atoms with van der Waals surface area (Å²) in [5, 5.41) is 0. The summed E-state index contributed by atoms with van der Waals surface area (Å²) in [7, 11) is 3.47. The first kappa shape index (κ1) is 18.4. The summed E-state index contributed by atoms with van der Waals surface area (Å²) in [6.45, 7) is 4.78. The van der Waals surface area contributed by atoms with Gasteiger partial charge in [0, 0.05) is 30.3 Å². The van der Waals surface area contributed by atoms with Crippen molar-refractivity contribution in [2.45, 2.75) is 31.8 Å². The summed E-state index contributed by atoms with van der Waals surface area (Å²) in [5.41, 5.74) is 0.661. The van der Waals surface area contributed by atoms with Crippen LogP contribution in [-0.4, -0.2) is 40.1 Å². The normalized spacial score (nSPS) is 14.1. The molecule has 0 aromatic heterocycles. The van der Waals surface area contributed by atoms with Crippen LogP contribution in [0.1, 0.15) is 31.7 Å². The lowest BCUT2D eigenvalue weighted by molar-refractivity contribution is -0.0110. The maximum absolute atomic E-state index is 11.3. The number of methoxy groups -OCH3 is 1. The van der Waals surface area contributed by atoms with Gasteiger partial charge in [0.1, 0.15) is 0 Å². The fraction of sp³-hybridized carbons (Fsp3) is 0.600. The van der Waals surface area contributed by atoms with Gasteiger partial charge in [0.15, 0.2) is 0 Å². The van der Waals surface area contributed by atoms with Crippen molar-refractivity contribution in [3.8, 4) is 0 Å². The Morgan fingerprint density at radius 1 is 1.24 bits per heavy atom. The molecule has 0 saturated carbocycles. The Kier molecular flexibility index (Phi) is 7.13. The fourth-order valence-electron chi connectivity index (χ4n) is 1.85. The van der Waals surface area contributed by atoms with Crippen molar-refractivity contribution in [2.75, 3.05) is 26.1 Å². The first-order valence-electron chi connectivity index (χ1n) is 6.84. The van der Waals surface area contributed by atoms with Crippen LogP contribution in [0.2, 0.25) is 0 Å². The highest BCUT2D eigenvalue weighted by atomic mass is 35.7. The summed E-state index contributed by atoms with van der Waals surface area (Å²) in [5.74, 6) is -0.397. The minimum atomic E-state index is -3.57. The third-order valence-corrected chi connectivity index (χ3v) is 4.57. The molecule has 6 heteroatoms. The molecular weight excluding hydrogens is 312 g/mol. The summed E-state index contributed by atoms with van der Waals surface area (Å²) < 4.78 is 33.6. The van der Waals surface area contributed by atoms with Crippen molar-refractivity contribution in [2.24, 2.45) is 0 Å². The van der Waals surface area contributed by atoms with Gasteiger partial charge in [-0.15, -0.1) is 0 Å². The fourth-order valence-corrected chi connectivity index (χ4v) is 3.08. The molecule has 4 nitrogen and oxygen atoms in total. The van der Waals surface area contributed by atoms with Gasteiger partial charge in [-0.05, 0) is 25.8 Å². The molecule has 1 rings (SSSR count). The minimum Gasteiger partial charge on any atom is -0.381 e. The van der Waals surface area contributed by atoms with Gasteiger partial charge >= 0.3 is 0 Å². The zero-order chi connectivity index (χ0) is 15.9. The van der Waals surface area contributed by atoms with E-state index in [-0.39, 0.29) is 17.3 Å². The molecule has 0 spiro atoms. The smallest absolute Gasteiger partial charge is 0.233 e. The summed E-state index contributed by atoms with van der Waals surface area (Å²) in [4.78, 5) is 0. The van der Waals surface area contributed by atoms with Crippen LogP contribution in [0.15, 0.2) is 30.3 Å². The SMILES string of the molecule is COC(C)(C)CCOCC(CS(=O)(=O)Cl)c1ccccc1. The maximum atomic E-state index is 11.3. The van der Waals surface area contributed by atoms with E-state index in [1.807, 2.05) is 44.2 Å². The topological polar surface area (TPSA) is 52.6 Å². The Morgan fingerprint density at radius 3 is 2.38 bits per heavy atom. The second-order valence-corrected chi connectivity index (χ2v) is 8.42. The first-order chi connectivity index (χ1) is 9.73. The van der Waals surface area contributed by atoms with Gasteiger partial charge in [0.05, 0.1) is 18.0 Å². The van der Waals surface area contributed by atoms with Crippen LogP contribution in [0.3, 0.4) is 0 Å². The molecule has 0 amide bonds. The van der Waals surface area contributed by atoms with E-state index in [4.69, 9.17) is 20.2 Å². The average molecular weight is 335 g/mol. The molecule has 0 aliphatic carbocycles. The zero-order valence-corrected chi connectivity index (χ0v) is 14.3. The number of hydrogen-bond acceptors (Lipinski definition) is 4. The molecule has 120 valence electrons. The van der Waals surface area contributed by atoms with Gasteiger partial charge in [-0.1, -0.05) is 30.3 Å². The molecule has 0 saturated heterocycles.